The highest BCUT2D eigenvalue weighted by atomic mass is 16.5. The molecule has 37 heavy (non-hydrogen) atoms. The summed E-state index contributed by atoms with van der Waals surface area (Å²) in [6.45, 7) is 7.96. The number of rotatable bonds is 6. The number of ether oxygens (including phenoxy) is 1. The van der Waals surface area contributed by atoms with E-state index < -0.39 is 35.4 Å². The summed E-state index contributed by atoms with van der Waals surface area (Å²) in [6, 6.07) is 5.05. The molecule has 3 aliphatic heterocycles. The first kappa shape index (κ1) is 25.7. The zero-order valence-corrected chi connectivity index (χ0v) is 21.8. The molecular formula is C27H36N6O4. The Bertz CT molecular complexity index is 1140. The fourth-order valence-corrected chi connectivity index (χ4v) is 6.50. The monoisotopic (exact) mass is 508 g/mol. The van der Waals surface area contributed by atoms with Crippen LogP contribution >= 0.6 is 0 Å². The molecule has 1 aliphatic carbocycles. The van der Waals surface area contributed by atoms with Gasteiger partial charge in [0.15, 0.2) is 5.78 Å². The number of likely N-dealkylation sites (tertiary alicyclic amines) is 2. The van der Waals surface area contributed by atoms with Gasteiger partial charge in [0.05, 0.1) is 18.1 Å². The number of amides is 2. The smallest absolute Gasteiger partial charge is 0.249 e. The lowest BCUT2D eigenvalue weighted by Gasteiger charge is -2.36. The predicted octanol–water partition coefficient (Wildman–Crippen LogP) is 3.11. The highest BCUT2D eigenvalue weighted by Gasteiger charge is 2.54. The molecule has 3 saturated heterocycles. The molecule has 4 fully saturated rings. The fourth-order valence-electron chi connectivity index (χ4n) is 6.50. The van der Waals surface area contributed by atoms with Crippen molar-refractivity contribution in [3.8, 4) is 0 Å². The molecule has 10 nitrogen and oxygen atoms in total. The first-order chi connectivity index (χ1) is 17.6. The summed E-state index contributed by atoms with van der Waals surface area (Å²) in [4.78, 5) is 46.5. The summed E-state index contributed by atoms with van der Waals surface area (Å²) < 4.78 is 5.61. The Morgan fingerprint density at radius 3 is 2.49 bits per heavy atom. The van der Waals surface area contributed by atoms with Crippen molar-refractivity contribution < 1.29 is 19.1 Å². The van der Waals surface area contributed by atoms with Crippen LogP contribution in [-0.4, -0.2) is 77.9 Å². The van der Waals surface area contributed by atoms with E-state index >= 15 is 0 Å². The second-order valence-electron chi connectivity index (χ2n) is 12.0. The van der Waals surface area contributed by atoms with Crippen molar-refractivity contribution in [2.45, 2.75) is 82.5 Å². The van der Waals surface area contributed by atoms with E-state index in [2.05, 4.69) is 14.9 Å². The minimum absolute atomic E-state index is 0.0990. The van der Waals surface area contributed by atoms with Crippen LogP contribution in [0.15, 0.2) is 23.3 Å². The molecule has 198 valence electrons. The average molecular weight is 509 g/mol. The quantitative estimate of drug-likeness (QED) is 0.357. The van der Waals surface area contributed by atoms with Gasteiger partial charge in [-0.3, -0.25) is 14.4 Å². The van der Waals surface area contributed by atoms with Crippen LogP contribution in [0.5, 0.6) is 0 Å². The van der Waals surface area contributed by atoms with Crippen LogP contribution in [0, 0.1) is 5.41 Å². The number of nitrogens with zero attached hydrogens (tertiary/aromatic N) is 5. The van der Waals surface area contributed by atoms with E-state index in [-0.39, 0.29) is 24.8 Å². The van der Waals surface area contributed by atoms with Gasteiger partial charge in [-0.25, -0.2) is 0 Å². The van der Waals surface area contributed by atoms with E-state index in [1.165, 1.54) is 17.7 Å². The first-order valence-electron chi connectivity index (χ1n) is 13.3. The number of hydrogen-bond donors (Lipinski definition) is 1. The standard InChI is InChI=1S/C27H36N6O4/c1-27(2,3)22(26(36)33-13-20(30-31-29)24-23(33)21(34)14-37-24)19-12-16(4-7-18(19)25(28)35)15-8-10-32(11-9-15)17-5-6-17/h4,7,12,15,17,20,22-24H,5-6,8-11,13-14H2,1-3H3,(H2,28,35)/t20-,22+,23-,24-/m1/s1. The van der Waals surface area contributed by atoms with Crippen molar-refractivity contribution in [2.75, 3.05) is 26.2 Å². The number of ketones is 1. The van der Waals surface area contributed by atoms with Gasteiger partial charge in [-0.15, -0.1) is 0 Å². The van der Waals surface area contributed by atoms with Gasteiger partial charge >= 0.3 is 0 Å². The predicted molar refractivity (Wildman–Crippen MR) is 137 cm³/mol. The van der Waals surface area contributed by atoms with Gasteiger partial charge in [0.25, 0.3) is 0 Å². The summed E-state index contributed by atoms with van der Waals surface area (Å²) in [5.41, 5.74) is 16.3. The summed E-state index contributed by atoms with van der Waals surface area (Å²) in [6.07, 6.45) is 4.02. The Balaban J connectivity index is 1.49. The highest BCUT2D eigenvalue weighted by molar-refractivity contribution is 5.99. The van der Waals surface area contributed by atoms with E-state index in [1.807, 2.05) is 32.9 Å². The lowest BCUT2D eigenvalue weighted by atomic mass is 9.72. The van der Waals surface area contributed by atoms with Crippen LogP contribution in [0.25, 0.3) is 10.4 Å². The fraction of sp³-hybridized carbons (Fsp3) is 0.667. The Labute approximate surface area is 217 Å². The largest absolute Gasteiger partial charge is 0.367 e. The molecule has 1 saturated carbocycles. The first-order valence-corrected chi connectivity index (χ1v) is 13.3. The van der Waals surface area contributed by atoms with Crippen molar-refractivity contribution >= 4 is 17.6 Å². The molecule has 2 N–H and O–H groups in total. The van der Waals surface area contributed by atoms with Gasteiger partial charge in [-0.2, -0.15) is 0 Å². The Morgan fingerprint density at radius 1 is 1.19 bits per heavy atom. The molecule has 2 amide bonds. The van der Waals surface area contributed by atoms with E-state index in [1.54, 1.807) is 6.07 Å². The van der Waals surface area contributed by atoms with E-state index in [0.717, 1.165) is 37.5 Å². The zero-order chi connectivity index (χ0) is 26.5. The normalized spacial score (nSPS) is 27.6. The molecule has 10 heteroatoms. The van der Waals surface area contributed by atoms with Gasteiger partial charge in [0.1, 0.15) is 12.6 Å². The van der Waals surface area contributed by atoms with Gasteiger partial charge < -0.3 is 20.3 Å². The number of primary amides is 1. The molecule has 4 atom stereocenters. The van der Waals surface area contributed by atoms with Crippen LogP contribution in [0.1, 0.15) is 79.8 Å². The molecular weight excluding hydrogens is 472 g/mol. The number of Topliss-reactive ketones (excluding diaryl/α,β-unsaturated/α-hetero) is 1. The molecule has 5 rings (SSSR count). The van der Waals surface area contributed by atoms with Crippen LogP contribution in [0.4, 0.5) is 0 Å². The summed E-state index contributed by atoms with van der Waals surface area (Å²) in [5.74, 6) is -1.44. The maximum Gasteiger partial charge on any atom is 0.249 e. The van der Waals surface area contributed by atoms with Gasteiger partial charge in [-0.05, 0) is 72.8 Å². The van der Waals surface area contributed by atoms with Crippen molar-refractivity contribution in [2.24, 2.45) is 16.3 Å². The number of fused-ring (bicyclic) bond motifs is 1. The van der Waals surface area contributed by atoms with Crippen molar-refractivity contribution in [1.82, 2.24) is 9.80 Å². The van der Waals surface area contributed by atoms with Crippen LogP contribution in [0.3, 0.4) is 0 Å². The number of benzene rings is 1. The number of carbonyl (C=O) groups excluding carboxylic acids is 3. The third kappa shape index (κ3) is 4.85. The third-order valence-corrected chi connectivity index (χ3v) is 8.47. The molecule has 0 radical (unpaired) electrons. The molecule has 0 bridgehead atoms. The zero-order valence-electron chi connectivity index (χ0n) is 21.8. The number of nitrogens with two attached hydrogens (primary N) is 1. The summed E-state index contributed by atoms with van der Waals surface area (Å²) in [5, 5.41) is 3.80. The van der Waals surface area contributed by atoms with Crippen LogP contribution in [0.2, 0.25) is 0 Å². The van der Waals surface area contributed by atoms with Gasteiger partial charge in [0.2, 0.25) is 11.8 Å². The summed E-state index contributed by atoms with van der Waals surface area (Å²) >= 11 is 0. The molecule has 0 aromatic heterocycles. The van der Waals surface area contributed by atoms with Crippen molar-refractivity contribution in [1.29, 1.82) is 0 Å². The maximum absolute atomic E-state index is 14.2. The SMILES string of the molecule is CC(C)(C)[C@H](C(=O)N1C[C@@H](N=[N+]=[N-])[C@H]2OCC(=O)[C@H]21)c1cc(C2CCN(C3CC3)CC2)ccc1C(N)=O. The number of azide groups is 1. The van der Waals surface area contributed by atoms with Gasteiger partial charge in [0, 0.05) is 23.1 Å². The molecule has 1 aromatic carbocycles. The number of piperidine rings is 1. The van der Waals surface area contributed by atoms with E-state index in [4.69, 9.17) is 16.0 Å². The van der Waals surface area contributed by atoms with Crippen molar-refractivity contribution in [3.63, 3.8) is 0 Å². The Hall–Kier alpha value is -2.94. The highest BCUT2D eigenvalue weighted by Crippen LogP contribution is 2.43. The van der Waals surface area contributed by atoms with E-state index in [9.17, 15) is 14.4 Å². The van der Waals surface area contributed by atoms with Crippen LogP contribution in [-0.2, 0) is 14.3 Å². The topological polar surface area (TPSA) is 142 Å². The van der Waals surface area contributed by atoms with Crippen molar-refractivity contribution in [3.05, 3.63) is 45.3 Å². The lowest BCUT2D eigenvalue weighted by molar-refractivity contribution is -0.139. The molecule has 4 aliphatic rings. The minimum atomic E-state index is -0.792. The Morgan fingerprint density at radius 2 is 1.89 bits per heavy atom. The molecule has 1 aromatic rings. The maximum atomic E-state index is 14.2. The Kier molecular flexibility index (Phi) is 6.77. The van der Waals surface area contributed by atoms with Crippen LogP contribution < -0.4 is 5.73 Å². The molecule has 0 unspecified atom stereocenters. The number of hydrogen-bond acceptors (Lipinski definition) is 6. The third-order valence-electron chi connectivity index (χ3n) is 8.47. The second-order valence-corrected chi connectivity index (χ2v) is 12.0. The number of carbonyl (C=O) groups is 3. The molecule has 3 heterocycles. The average Bonchev–Trinajstić information content (AvgIpc) is 3.54. The molecule has 0 spiro atoms. The summed E-state index contributed by atoms with van der Waals surface area (Å²) in [7, 11) is 0. The lowest BCUT2D eigenvalue weighted by Crippen LogP contribution is -2.47. The van der Waals surface area contributed by atoms with Gasteiger partial charge in [-0.1, -0.05) is 38.0 Å². The second kappa shape index (κ2) is 9.74. The van der Waals surface area contributed by atoms with E-state index in [0.29, 0.717) is 17.0 Å². The minimum Gasteiger partial charge on any atom is -0.367 e.